The van der Waals surface area contributed by atoms with E-state index in [1.165, 1.54) is 12.1 Å². The average Bonchev–Trinajstić information content (AvgIpc) is 2.73. The molecule has 0 radical (unpaired) electrons. The van der Waals surface area contributed by atoms with Gasteiger partial charge in [-0.1, -0.05) is 0 Å². The lowest BCUT2D eigenvalue weighted by Gasteiger charge is -2.36. The maximum Gasteiger partial charge on any atom is 0.338 e. The predicted molar refractivity (Wildman–Crippen MR) is 101 cm³/mol. The minimum absolute atomic E-state index is 0.00479. The van der Waals surface area contributed by atoms with Crippen molar-refractivity contribution < 1.29 is 19.2 Å². The number of pyridine rings is 1. The third kappa shape index (κ3) is 4.25. The van der Waals surface area contributed by atoms with Crippen LogP contribution in [0.5, 0.6) is 0 Å². The fourth-order valence-electron chi connectivity index (χ4n) is 3.08. The smallest absolute Gasteiger partial charge is 0.338 e. The Hall–Kier alpha value is -3.49. The van der Waals surface area contributed by atoms with Crippen LogP contribution in [0.25, 0.3) is 0 Å². The molecule has 1 saturated heterocycles. The third-order valence-corrected chi connectivity index (χ3v) is 4.48. The summed E-state index contributed by atoms with van der Waals surface area (Å²) in [4.78, 5) is 43.2. The number of benzene rings is 1. The molecule has 0 N–H and O–H groups in total. The van der Waals surface area contributed by atoms with E-state index in [9.17, 15) is 19.7 Å². The van der Waals surface area contributed by atoms with E-state index < -0.39 is 10.9 Å². The largest absolute Gasteiger partial charge is 0.462 e. The van der Waals surface area contributed by atoms with Crippen LogP contribution in [-0.2, 0) is 4.74 Å². The van der Waals surface area contributed by atoms with Crippen LogP contribution < -0.4 is 4.90 Å². The van der Waals surface area contributed by atoms with Gasteiger partial charge >= 0.3 is 5.97 Å². The molecule has 9 heteroatoms. The lowest BCUT2D eigenvalue weighted by Crippen LogP contribution is -2.48. The minimum Gasteiger partial charge on any atom is -0.462 e. The van der Waals surface area contributed by atoms with Crippen molar-refractivity contribution in [1.29, 1.82) is 0 Å². The summed E-state index contributed by atoms with van der Waals surface area (Å²) in [5.74, 6) is -1.04. The lowest BCUT2D eigenvalue weighted by atomic mass is 10.1. The van der Waals surface area contributed by atoms with Crippen LogP contribution in [0.1, 0.15) is 27.6 Å². The molecule has 9 nitrogen and oxygen atoms in total. The average molecular weight is 384 g/mol. The van der Waals surface area contributed by atoms with Crippen molar-refractivity contribution in [3.05, 3.63) is 64.0 Å². The van der Waals surface area contributed by atoms with Crippen molar-refractivity contribution in [2.24, 2.45) is 0 Å². The maximum absolute atomic E-state index is 12.9. The van der Waals surface area contributed by atoms with Gasteiger partial charge in [0.1, 0.15) is 0 Å². The summed E-state index contributed by atoms with van der Waals surface area (Å²) in [7, 11) is 0. The van der Waals surface area contributed by atoms with E-state index in [1.807, 2.05) is 12.1 Å². The standard InChI is InChI=1S/C19H20N4O5/c1-2-28-19(25)15-11-14(12-17(13-15)23(26)27)18(24)22-9-7-21(8-10-22)16-3-5-20-6-4-16/h3-6,11-13H,2,7-10H2,1H3. The quantitative estimate of drug-likeness (QED) is 0.442. The van der Waals surface area contributed by atoms with E-state index in [0.29, 0.717) is 26.2 Å². The van der Waals surface area contributed by atoms with E-state index in [-0.39, 0.29) is 29.3 Å². The number of nitro benzene ring substituents is 1. The number of carbonyl (C=O) groups is 2. The number of non-ortho nitro benzene ring substituents is 1. The molecule has 0 atom stereocenters. The van der Waals surface area contributed by atoms with Gasteiger partial charge in [0.15, 0.2) is 0 Å². The second kappa shape index (κ2) is 8.47. The Balaban J connectivity index is 1.77. The minimum atomic E-state index is -0.692. The first-order chi connectivity index (χ1) is 13.5. The van der Waals surface area contributed by atoms with Gasteiger partial charge in [-0.3, -0.25) is 19.9 Å². The Morgan fingerprint density at radius 2 is 1.75 bits per heavy atom. The van der Waals surface area contributed by atoms with E-state index in [1.54, 1.807) is 24.2 Å². The van der Waals surface area contributed by atoms with Crippen molar-refractivity contribution in [3.8, 4) is 0 Å². The summed E-state index contributed by atoms with van der Waals surface area (Å²) in [6.07, 6.45) is 3.43. The van der Waals surface area contributed by atoms with Gasteiger partial charge in [-0.2, -0.15) is 0 Å². The molecule has 146 valence electrons. The fraction of sp³-hybridized carbons (Fsp3) is 0.316. The van der Waals surface area contributed by atoms with Crippen LogP contribution >= 0.6 is 0 Å². The van der Waals surface area contributed by atoms with Crippen molar-refractivity contribution >= 4 is 23.3 Å². The number of esters is 1. The van der Waals surface area contributed by atoms with E-state index >= 15 is 0 Å². The number of hydrogen-bond acceptors (Lipinski definition) is 7. The van der Waals surface area contributed by atoms with E-state index in [0.717, 1.165) is 11.8 Å². The highest BCUT2D eigenvalue weighted by Crippen LogP contribution is 2.21. The number of amides is 1. The molecule has 1 aromatic carbocycles. The number of piperazine rings is 1. The van der Waals surface area contributed by atoms with Crippen LogP contribution in [0, 0.1) is 10.1 Å². The molecule has 3 rings (SSSR count). The molecule has 0 saturated carbocycles. The molecule has 2 aromatic rings. The SMILES string of the molecule is CCOC(=O)c1cc(C(=O)N2CCN(c3ccncc3)CC2)cc([N+](=O)[O-])c1. The van der Waals surface area contributed by atoms with Gasteiger partial charge in [0.25, 0.3) is 11.6 Å². The number of anilines is 1. The molecule has 28 heavy (non-hydrogen) atoms. The maximum atomic E-state index is 12.9. The normalized spacial score (nSPS) is 13.9. The van der Waals surface area contributed by atoms with Gasteiger partial charge in [-0.15, -0.1) is 0 Å². The molecular formula is C19H20N4O5. The number of ether oxygens (including phenoxy) is 1. The molecule has 0 bridgehead atoms. The van der Waals surface area contributed by atoms with Crippen LogP contribution in [0.3, 0.4) is 0 Å². The number of carbonyl (C=O) groups excluding carboxylic acids is 2. The van der Waals surface area contributed by atoms with Gasteiger partial charge < -0.3 is 14.5 Å². The van der Waals surface area contributed by atoms with Crippen molar-refractivity contribution in [1.82, 2.24) is 9.88 Å². The predicted octanol–water partition coefficient (Wildman–Crippen LogP) is 2.13. The summed E-state index contributed by atoms with van der Waals surface area (Å²) in [6.45, 7) is 3.99. The molecule has 2 heterocycles. The van der Waals surface area contributed by atoms with Gasteiger partial charge in [0.05, 0.1) is 17.1 Å². The Kier molecular flexibility index (Phi) is 5.83. The molecule has 1 aromatic heterocycles. The second-order valence-corrected chi connectivity index (χ2v) is 6.23. The first kappa shape index (κ1) is 19.3. The Morgan fingerprint density at radius 1 is 1.11 bits per heavy atom. The molecule has 0 aliphatic carbocycles. The summed E-state index contributed by atoms with van der Waals surface area (Å²) >= 11 is 0. The van der Waals surface area contributed by atoms with E-state index in [4.69, 9.17) is 4.74 Å². The Morgan fingerprint density at radius 3 is 2.36 bits per heavy atom. The summed E-state index contributed by atoms with van der Waals surface area (Å²) < 4.78 is 4.91. The first-order valence-corrected chi connectivity index (χ1v) is 8.90. The zero-order chi connectivity index (χ0) is 20.1. The fourth-order valence-corrected chi connectivity index (χ4v) is 3.08. The zero-order valence-corrected chi connectivity index (χ0v) is 15.4. The molecule has 1 amide bonds. The van der Waals surface area contributed by atoms with Gasteiger partial charge in [-0.25, -0.2) is 4.79 Å². The summed E-state index contributed by atoms with van der Waals surface area (Å²) in [6, 6.07) is 7.48. The van der Waals surface area contributed by atoms with Crippen LogP contribution in [0.2, 0.25) is 0 Å². The van der Waals surface area contributed by atoms with Crippen LogP contribution in [-0.4, -0.2) is 59.5 Å². The number of aromatic nitrogens is 1. The topological polar surface area (TPSA) is 106 Å². The Bertz CT molecular complexity index is 879. The highest BCUT2D eigenvalue weighted by atomic mass is 16.6. The van der Waals surface area contributed by atoms with Crippen molar-refractivity contribution in [2.45, 2.75) is 6.92 Å². The monoisotopic (exact) mass is 384 g/mol. The molecule has 1 aliphatic rings. The van der Waals surface area contributed by atoms with Crippen molar-refractivity contribution in [2.75, 3.05) is 37.7 Å². The highest BCUT2D eigenvalue weighted by molar-refractivity contribution is 5.99. The number of nitro groups is 1. The van der Waals surface area contributed by atoms with Gasteiger partial charge in [0, 0.05) is 62.0 Å². The Labute approximate surface area is 161 Å². The van der Waals surface area contributed by atoms with Gasteiger partial charge in [-0.05, 0) is 25.1 Å². The molecular weight excluding hydrogens is 364 g/mol. The summed E-state index contributed by atoms with van der Waals surface area (Å²) in [5.41, 5.74) is 0.816. The molecule has 0 unspecified atom stereocenters. The second-order valence-electron chi connectivity index (χ2n) is 6.23. The third-order valence-electron chi connectivity index (χ3n) is 4.48. The van der Waals surface area contributed by atoms with Gasteiger partial charge in [0.2, 0.25) is 0 Å². The molecule has 1 aliphatic heterocycles. The molecule has 1 fully saturated rings. The number of hydrogen-bond donors (Lipinski definition) is 0. The van der Waals surface area contributed by atoms with Crippen molar-refractivity contribution in [3.63, 3.8) is 0 Å². The lowest BCUT2D eigenvalue weighted by molar-refractivity contribution is -0.384. The number of rotatable bonds is 5. The zero-order valence-electron chi connectivity index (χ0n) is 15.4. The summed E-state index contributed by atoms with van der Waals surface area (Å²) in [5, 5.41) is 11.2. The highest BCUT2D eigenvalue weighted by Gasteiger charge is 2.25. The van der Waals surface area contributed by atoms with E-state index in [2.05, 4.69) is 9.88 Å². The molecule has 0 spiro atoms. The number of nitrogens with zero attached hydrogens (tertiary/aromatic N) is 4. The first-order valence-electron chi connectivity index (χ1n) is 8.90. The van der Waals surface area contributed by atoms with Crippen LogP contribution in [0.4, 0.5) is 11.4 Å². The van der Waals surface area contributed by atoms with Crippen LogP contribution in [0.15, 0.2) is 42.7 Å².